The van der Waals surface area contributed by atoms with Gasteiger partial charge in [0.05, 0.1) is 16.2 Å². The van der Waals surface area contributed by atoms with Gasteiger partial charge in [-0.15, -0.1) is 0 Å². The lowest BCUT2D eigenvalue weighted by Crippen LogP contribution is -2.34. The van der Waals surface area contributed by atoms with Crippen molar-refractivity contribution in [2.45, 2.75) is 32.6 Å². The molecule has 1 aliphatic heterocycles. The Morgan fingerprint density at radius 3 is 2.62 bits per heavy atom. The molecule has 1 aromatic carbocycles. The van der Waals surface area contributed by atoms with Gasteiger partial charge in [-0.25, -0.2) is 4.79 Å². The molecule has 0 spiro atoms. The molecule has 0 saturated carbocycles. The Hall–Kier alpha value is -2.11. The van der Waals surface area contributed by atoms with Crippen LogP contribution in [0.4, 0.5) is 11.4 Å². The third kappa shape index (κ3) is 3.51. The molecule has 1 heterocycles. The third-order valence-corrected chi connectivity index (χ3v) is 4.07. The predicted molar refractivity (Wildman–Crippen MR) is 79.9 cm³/mol. The number of aromatic carboxylic acids is 1. The van der Waals surface area contributed by atoms with E-state index in [4.69, 9.17) is 0 Å². The van der Waals surface area contributed by atoms with E-state index in [1.807, 2.05) is 4.90 Å². The summed E-state index contributed by atoms with van der Waals surface area (Å²) in [7, 11) is 0. The maximum atomic E-state index is 11.4. The molecule has 1 aliphatic rings. The van der Waals surface area contributed by atoms with Crippen molar-refractivity contribution in [2.24, 2.45) is 5.92 Å². The number of carboxylic acid groups (broad SMARTS) is 1. The lowest BCUT2D eigenvalue weighted by Gasteiger charge is -2.34. The number of carboxylic acids is 1. The number of hydrogen-bond acceptors (Lipinski definition) is 4. The highest BCUT2D eigenvalue weighted by atomic mass is 16.6. The van der Waals surface area contributed by atoms with Crippen LogP contribution in [0.15, 0.2) is 18.2 Å². The second-order valence-corrected chi connectivity index (χ2v) is 5.48. The van der Waals surface area contributed by atoms with Gasteiger partial charge >= 0.3 is 5.97 Å². The summed E-state index contributed by atoms with van der Waals surface area (Å²) in [5, 5.41) is 20.1. The number of non-ortho nitro benzene ring substituents is 1. The van der Waals surface area contributed by atoms with Crippen LogP contribution in [0.2, 0.25) is 0 Å². The summed E-state index contributed by atoms with van der Waals surface area (Å²) in [6, 6.07) is 4.08. The van der Waals surface area contributed by atoms with E-state index in [-0.39, 0.29) is 11.3 Å². The molecule has 0 unspecified atom stereocenters. The molecule has 1 fully saturated rings. The fraction of sp³-hybridized carbons (Fsp3) is 0.533. The van der Waals surface area contributed by atoms with Crippen LogP contribution in [-0.4, -0.2) is 29.1 Å². The largest absolute Gasteiger partial charge is 0.478 e. The van der Waals surface area contributed by atoms with Crippen LogP contribution in [0, 0.1) is 16.0 Å². The minimum Gasteiger partial charge on any atom is -0.478 e. The maximum Gasteiger partial charge on any atom is 0.338 e. The average Bonchev–Trinajstić information content (AvgIpc) is 2.47. The number of carbonyl (C=O) groups is 1. The fourth-order valence-corrected chi connectivity index (χ4v) is 2.96. The van der Waals surface area contributed by atoms with E-state index in [0.29, 0.717) is 11.6 Å². The molecule has 6 heteroatoms. The molecule has 0 amide bonds. The second kappa shape index (κ2) is 6.56. The van der Waals surface area contributed by atoms with Crippen LogP contribution in [0.5, 0.6) is 0 Å². The van der Waals surface area contributed by atoms with Crippen LogP contribution >= 0.6 is 0 Å². The fourth-order valence-electron chi connectivity index (χ4n) is 2.96. The van der Waals surface area contributed by atoms with Crippen molar-refractivity contribution in [2.75, 3.05) is 18.0 Å². The molecule has 0 atom stereocenters. The van der Waals surface area contributed by atoms with Gasteiger partial charge in [-0.2, -0.15) is 0 Å². The predicted octanol–water partition coefficient (Wildman–Crippen LogP) is 3.31. The number of nitro groups is 1. The monoisotopic (exact) mass is 292 g/mol. The topological polar surface area (TPSA) is 83.7 Å². The minimum atomic E-state index is -1.12. The first-order valence-corrected chi connectivity index (χ1v) is 7.29. The first kappa shape index (κ1) is 15.3. The quantitative estimate of drug-likeness (QED) is 0.665. The van der Waals surface area contributed by atoms with E-state index in [1.165, 1.54) is 18.9 Å². The summed E-state index contributed by atoms with van der Waals surface area (Å²) in [5.41, 5.74) is 0.415. The Kier molecular flexibility index (Phi) is 4.77. The summed E-state index contributed by atoms with van der Waals surface area (Å²) in [6.07, 6.45) is 4.47. The van der Waals surface area contributed by atoms with Crippen molar-refractivity contribution < 1.29 is 14.8 Å². The Bertz CT molecular complexity index is 536. The summed E-state index contributed by atoms with van der Waals surface area (Å²) < 4.78 is 0. The number of benzene rings is 1. The standard InChI is InChI=1S/C15H20N2O4/c1-2-3-11-6-8-16(9-7-11)14-5-4-12(17(20)21)10-13(14)15(18)19/h4-5,10-11H,2-3,6-9H2,1H3,(H,18,19). The van der Waals surface area contributed by atoms with E-state index in [0.717, 1.165) is 32.0 Å². The molecular weight excluding hydrogens is 272 g/mol. The molecule has 1 aromatic rings. The van der Waals surface area contributed by atoms with Gasteiger partial charge in [0, 0.05) is 25.2 Å². The highest BCUT2D eigenvalue weighted by Gasteiger charge is 2.24. The first-order valence-electron chi connectivity index (χ1n) is 7.29. The molecule has 0 bridgehead atoms. The maximum absolute atomic E-state index is 11.4. The van der Waals surface area contributed by atoms with Crippen molar-refractivity contribution in [1.29, 1.82) is 0 Å². The van der Waals surface area contributed by atoms with Gasteiger partial charge < -0.3 is 10.0 Å². The number of anilines is 1. The molecule has 0 aliphatic carbocycles. The zero-order chi connectivity index (χ0) is 15.4. The van der Waals surface area contributed by atoms with Crippen molar-refractivity contribution in [1.82, 2.24) is 0 Å². The van der Waals surface area contributed by atoms with Crippen molar-refractivity contribution in [3.63, 3.8) is 0 Å². The van der Waals surface area contributed by atoms with E-state index < -0.39 is 10.9 Å². The van der Waals surface area contributed by atoms with Crippen molar-refractivity contribution in [3.05, 3.63) is 33.9 Å². The summed E-state index contributed by atoms with van der Waals surface area (Å²) in [4.78, 5) is 23.6. The number of nitrogens with zero attached hydrogens (tertiary/aromatic N) is 2. The molecular formula is C15H20N2O4. The molecule has 1 saturated heterocycles. The number of hydrogen-bond donors (Lipinski definition) is 1. The van der Waals surface area contributed by atoms with Gasteiger partial charge in [-0.1, -0.05) is 19.8 Å². The van der Waals surface area contributed by atoms with E-state index >= 15 is 0 Å². The second-order valence-electron chi connectivity index (χ2n) is 5.48. The molecule has 2 rings (SSSR count). The number of nitro benzene ring substituents is 1. The smallest absolute Gasteiger partial charge is 0.338 e. The third-order valence-electron chi connectivity index (χ3n) is 4.07. The zero-order valence-corrected chi connectivity index (χ0v) is 12.1. The Morgan fingerprint density at radius 1 is 1.43 bits per heavy atom. The molecule has 0 radical (unpaired) electrons. The van der Waals surface area contributed by atoms with Crippen LogP contribution in [-0.2, 0) is 0 Å². The van der Waals surface area contributed by atoms with Gasteiger partial charge in [0.1, 0.15) is 0 Å². The molecule has 114 valence electrons. The van der Waals surface area contributed by atoms with Gasteiger partial charge in [-0.05, 0) is 24.8 Å². The number of rotatable bonds is 5. The summed E-state index contributed by atoms with van der Waals surface area (Å²) in [5.74, 6) is -0.415. The molecule has 0 aromatic heterocycles. The molecule has 1 N–H and O–H groups in total. The molecule has 6 nitrogen and oxygen atoms in total. The van der Waals surface area contributed by atoms with Crippen LogP contribution in [0.25, 0.3) is 0 Å². The first-order chi connectivity index (χ1) is 10.0. The highest BCUT2D eigenvalue weighted by molar-refractivity contribution is 5.95. The lowest BCUT2D eigenvalue weighted by atomic mass is 9.92. The Labute approximate surface area is 123 Å². The van der Waals surface area contributed by atoms with Crippen LogP contribution < -0.4 is 4.90 Å². The zero-order valence-electron chi connectivity index (χ0n) is 12.1. The number of piperidine rings is 1. The van der Waals surface area contributed by atoms with Crippen molar-refractivity contribution >= 4 is 17.3 Å². The lowest BCUT2D eigenvalue weighted by molar-refractivity contribution is -0.384. The minimum absolute atomic E-state index is 0.0122. The van der Waals surface area contributed by atoms with E-state index in [2.05, 4.69) is 6.92 Å². The normalized spacial score (nSPS) is 16.0. The average molecular weight is 292 g/mol. The van der Waals surface area contributed by atoms with Crippen LogP contribution in [0.1, 0.15) is 43.0 Å². The molecule has 21 heavy (non-hydrogen) atoms. The van der Waals surface area contributed by atoms with Gasteiger partial charge in [-0.3, -0.25) is 10.1 Å². The van der Waals surface area contributed by atoms with Gasteiger partial charge in [0.15, 0.2) is 0 Å². The SMILES string of the molecule is CCCC1CCN(c2ccc([N+](=O)[O-])cc2C(=O)O)CC1. The van der Waals surface area contributed by atoms with E-state index in [1.54, 1.807) is 6.07 Å². The van der Waals surface area contributed by atoms with Crippen LogP contribution in [0.3, 0.4) is 0 Å². The Balaban J connectivity index is 2.20. The van der Waals surface area contributed by atoms with Crippen molar-refractivity contribution in [3.8, 4) is 0 Å². The Morgan fingerprint density at radius 2 is 2.10 bits per heavy atom. The summed E-state index contributed by atoms with van der Waals surface area (Å²) >= 11 is 0. The van der Waals surface area contributed by atoms with Gasteiger partial charge in [0.2, 0.25) is 0 Å². The highest BCUT2D eigenvalue weighted by Crippen LogP contribution is 2.30. The van der Waals surface area contributed by atoms with Gasteiger partial charge in [0.25, 0.3) is 5.69 Å². The summed E-state index contributed by atoms with van der Waals surface area (Å²) in [6.45, 7) is 3.79. The van der Waals surface area contributed by atoms with E-state index in [9.17, 15) is 20.0 Å².